The molecule has 0 aliphatic carbocycles. The number of halogens is 1. The molecule has 202 valence electrons. The van der Waals surface area contributed by atoms with E-state index >= 15 is 4.39 Å². The Morgan fingerprint density at radius 3 is 2.51 bits per heavy atom. The van der Waals surface area contributed by atoms with Crippen molar-refractivity contribution >= 4 is 22.5 Å². The van der Waals surface area contributed by atoms with Gasteiger partial charge >= 0.3 is 0 Å². The maximum Gasteiger partial charge on any atom is 0.227 e. The zero-order valence-electron chi connectivity index (χ0n) is 22.1. The van der Waals surface area contributed by atoms with Gasteiger partial charge in [-0.3, -0.25) is 9.78 Å². The molecule has 7 nitrogen and oxygen atoms in total. The fourth-order valence-corrected chi connectivity index (χ4v) is 4.81. The minimum atomic E-state index is -0.564. The number of carbonyl (C=O) groups excluding carboxylic acids is 1. The van der Waals surface area contributed by atoms with Gasteiger partial charge in [-0.15, -0.1) is 0 Å². The molecule has 1 amide bonds. The van der Waals surface area contributed by atoms with Crippen LogP contribution in [-0.4, -0.2) is 44.9 Å². The maximum atomic E-state index is 15.2. The first-order valence-corrected chi connectivity index (χ1v) is 13.0. The highest BCUT2D eigenvalue weighted by Crippen LogP contribution is 2.38. The highest BCUT2D eigenvalue weighted by atomic mass is 19.1. The molecule has 1 aliphatic heterocycles. The average molecular weight is 531 g/mol. The van der Waals surface area contributed by atoms with Crippen molar-refractivity contribution in [2.75, 3.05) is 38.9 Å². The van der Waals surface area contributed by atoms with Crippen molar-refractivity contribution < 1.29 is 28.1 Å². The van der Waals surface area contributed by atoms with Crippen LogP contribution in [0, 0.1) is 11.7 Å². The number of nitrogens with zero attached hydrogens (tertiary/aromatic N) is 2. The molecule has 1 atom stereocenters. The fraction of sp³-hybridized carbons (Fsp3) is 0.290. The van der Waals surface area contributed by atoms with Crippen molar-refractivity contribution in [1.29, 1.82) is 0 Å². The van der Waals surface area contributed by atoms with Gasteiger partial charge in [0.1, 0.15) is 5.75 Å². The molecule has 5 rings (SSSR count). The van der Waals surface area contributed by atoms with Gasteiger partial charge in [0, 0.05) is 54.9 Å². The number of carbonyl (C=O) groups is 1. The van der Waals surface area contributed by atoms with Crippen LogP contribution in [0.25, 0.3) is 10.9 Å². The van der Waals surface area contributed by atoms with Crippen molar-refractivity contribution in [3.05, 3.63) is 84.3 Å². The summed E-state index contributed by atoms with van der Waals surface area (Å²) in [5, 5.41) is 0.653. The Balaban J connectivity index is 1.20. The van der Waals surface area contributed by atoms with Gasteiger partial charge in [0.25, 0.3) is 0 Å². The first kappa shape index (κ1) is 26.4. The van der Waals surface area contributed by atoms with Crippen LogP contribution < -0.4 is 19.1 Å². The predicted octanol–water partition coefficient (Wildman–Crippen LogP) is 6.19. The molecular weight excluding hydrogens is 499 g/mol. The topological polar surface area (TPSA) is 70.1 Å². The van der Waals surface area contributed by atoms with Gasteiger partial charge in [-0.05, 0) is 42.7 Å². The number of amides is 1. The van der Waals surface area contributed by atoms with Crippen LogP contribution in [0.5, 0.6) is 23.0 Å². The summed E-state index contributed by atoms with van der Waals surface area (Å²) in [5.41, 5.74) is 2.41. The molecule has 1 unspecified atom stereocenters. The Bertz CT molecular complexity index is 1450. The Morgan fingerprint density at radius 1 is 0.949 bits per heavy atom. The normalized spacial score (nSPS) is 15.1. The van der Waals surface area contributed by atoms with Crippen molar-refractivity contribution in [3.8, 4) is 23.0 Å². The van der Waals surface area contributed by atoms with Gasteiger partial charge in [0.05, 0.1) is 26.3 Å². The van der Waals surface area contributed by atoms with Gasteiger partial charge in [0.15, 0.2) is 23.1 Å². The van der Waals surface area contributed by atoms with E-state index in [0.717, 1.165) is 12.8 Å². The number of benzene rings is 3. The molecule has 0 saturated carbocycles. The number of aromatic nitrogens is 1. The zero-order chi connectivity index (χ0) is 27.2. The van der Waals surface area contributed by atoms with Crippen molar-refractivity contribution in [1.82, 2.24) is 4.98 Å². The van der Waals surface area contributed by atoms with Crippen LogP contribution in [-0.2, 0) is 16.0 Å². The molecule has 1 saturated heterocycles. The number of rotatable bonds is 11. The molecule has 0 N–H and O–H groups in total. The summed E-state index contributed by atoms with van der Waals surface area (Å²) >= 11 is 0. The number of hydrogen-bond donors (Lipinski definition) is 0. The summed E-state index contributed by atoms with van der Waals surface area (Å²) in [6.07, 6.45) is 3.85. The van der Waals surface area contributed by atoms with Gasteiger partial charge < -0.3 is 23.8 Å². The van der Waals surface area contributed by atoms with Gasteiger partial charge in [-0.1, -0.05) is 30.3 Å². The molecule has 3 aromatic carbocycles. The Hall–Kier alpha value is -4.17. The number of ether oxygens (including phenoxy) is 4. The minimum absolute atomic E-state index is 0.0397. The SMILES string of the molecule is COc1cc2nccc(Oc3ccc(N4CC(COCCCc5ccccc5)CC4=O)cc3F)c2cc1OC. The van der Waals surface area contributed by atoms with E-state index in [2.05, 4.69) is 17.1 Å². The van der Waals surface area contributed by atoms with Crippen molar-refractivity contribution in [2.45, 2.75) is 19.3 Å². The lowest BCUT2D eigenvalue weighted by atomic mass is 10.1. The van der Waals surface area contributed by atoms with E-state index in [0.29, 0.717) is 60.0 Å². The molecular formula is C31H31FN2O5. The molecule has 39 heavy (non-hydrogen) atoms. The summed E-state index contributed by atoms with van der Waals surface area (Å²) in [6.45, 7) is 1.64. The van der Waals surface area contributed by atoms with Crippen LogP contribution in [0.4, 0.5) is 10.1 Å². The molecule has 4 aromatic rings. The Morgan fingerprint density at radius 2 is 1.74 bits per heavy atom. The van der Waals surface area contributed by atoms with Crippen LogP contribution in [0.2, 0.25) is 0 Å². The molecule has 8 heteroatoms. The average Bonchev–Trinajstić information content (AvgIpc) is 3.33. The van der Waals surface area contributed by atoms with Gasteiger partial charge in [-0.25, -0.2) is 4.39 Å². The van der Waals surface area contributed by atoms with E-state index < -0.39 is 5.82 Å². The second kappa shape index (κ2) is 12.1. The molecule has 0 radical (unpaired) electrons. The monoisotopic (exact) mass is 530 g/mol. The Kier molecular flexibility index (Phi) is 8.22. The second-order valence-electron chi connectivity index (χ2n) is 9.49. The maximum absolute atomic E-state index is 15.2. The van der Waals surface area contributed by atoms with E-state index in [1.165, 1.54) is 11.6 Å². The number of fused-ring (bicyclic) bond motifs is 1. The van der Waals surface area contributed by atoms with Crippen LogP contribution in [0.1, 0.15) is 18.4 Å². The van der Waals surface area contributed by atoms with E-state index in [9.17, 15) is 4.79 Å². The molecule has 1 aromatic heterocycles. The van der Waals surface area contributed by atoms with Crippen LogP contribution in [0.15, 0.2) is 72.9 Å². The first-order valence-electron chi connectivity index (χ1n) is 13.0. The lowest BCUT2D eigenvalue weighted by Crippen LogP contribution is -2.25. The second-order valence-corrected chi connectivity index (χ2v) is 9.49. The van der Waals surface area contributed by atoms with E-state index in [4.69, 9.17) is 18.9 Å². The van der Waals surface area contributed by atoms with E-state index in [1.54, 1.807) is 55.6 Å². The lowest BCUT2D eigenvalue weighted by Gasteiger charge is -2.18. The predicted molar refractivity (Wildman–Crippen MR) is 147 cm³/mol. The van der Waals surface area contributed by atoms with Crippen molar-refractivity contribution in [3.63, 3.8) is 0 Å². The fourth-order valence-electron chi connectivity index (χ4n) is 4.81. The third-order valence-electron chi connectivity index (χ3n) is 6.81. The highest BCUT2D eigenvalue weighted by Gasteiger charge is 2.31. The first-order chi connectivity index (χ1) is 19.1. The van der Waals surface area contributed by atoms with Crippen LogP contribution in [0.3, 0.4) is 0 Å². The standard InChI is InChI=1S/C31H31FN2O5/c1-36-29-17-24-26(18-30(29)37-2)33-13-12-27(24)39-28-11-10-23(16-25(28)32)34-19-22(15-31(34)35)20-38-14-6-9-21-7-4-3-5-8-21/h3-5,7-8,10-13,16-18,22H,6,9,14-15,19-20H2,1-2H3. The summed E-state index contributed by atoms with van der Waals surface area (Å²) in [5.74, 6) is 0.995. The number of pyridine rings is 1. The van der Waals surface area contributed by atoms with Crippen molar-refractivity contribution in [2.24, 2.45) is 5.92 Å². The molecule has 2 heterocycles. The summed E-state index contributed by atoms with van der Waals surface area (Å²) in [4.78, 5) is 18.7. The molecule has 1 aliphatic rings. The minimum Gasteiger partial charge on any atom is -0.493 e. The molecule has 0 spiro atoms. The number of hydrogen-bond acceptors (Lipinski definition) is 6. The molecule has 1 fully saturated rings. The third-order valence-corrected chi connectivity index (χ3v) is 6.81. The largest absolute Gasteiger partial charge is 0.493 e. The third kappa shape index (κ3) is 6.12. The summed E-state index contributed by atoms with van der Waals surface area (Å²) in [7, 11) is 3.09. The summed E-state index contributed by atoms with van der Waals surface area (Å²) < 4.78 is 37.7. The number of methoxy groups -OCH3 is 2. The smallest absolute Gasteiger partial charge is 0.227 e. The number of aryl methyl sites for hydroxylation is 1. The molecule has 0 bridgehead atoms. The van der Waals surface area contributed by atoms with Gasteiger partial charge in [0.2, 0.25) is 5.91 Å². The summed E-state index contributed by atoms with van der Waals surface area (Å²) in [6, 6.07) is 20.0. The van der Waals surface area contributed by atoms with E-state index in [-0.39, 0.29) is 17.6 Å². The van der Waals surface area contributed by atoms with Crippen LogP contribution >= 0.6 is 0 Å². The highest BCUT2D eigenvalue weighted by molar-refractivity contribution is 5.95. The van der Waals surface area contributed by atoms with Gasteiger partial charge in [-0.2, -0.15) is 0 Å². The zero-order valence-corrected chi connectivity index (χ0v) is 22.1. The Labute approximate surface area is 227 Å². The van der Waals surface area contributed by atoms with E-state index in [1.807, 2.05) is 18.2 Å². The quantitative estimate of drug-likeness (QED) is 0.216. The number of anilines is 1. The lowest BCUT2D eigenvalue weighted by molar-refractivity contribution is -0.117.